The Morgan fingerprint density at radius 1 is 1.33 bits per heavy atom. The highest BCUT2D eigenvalue weighted by Gasteiger charge is 2.21. The first-order valence-corrected chi connectivity index (χ1v) is 7.68. The van der Waals surface area contributed by atoms with E-state index < -0.39 is 0 Å². The normalized spacial score (nSPS) is 16.7. The molecule has 21 heavy (non-hydrogen) atoms. The minimum atomic E-state index is 0.0218. The number of carbonyl (C=O) groups is 2. The van der Waals surface area contributed by atoms with Gasteiger partial charge in [-0.25, -0.2) is 0 Å². The average Bonchev–Trinajstić information content (AvgIpc) is 2.46. The predicted octanol–water partition coefficient (Wildman–Crippen LogP) is 2.37. The van der Waals surface area contributed by atoms with Gasteiger partial charge >= 0.3 is 0 Å². The lowest BCUT2D eigenvalue weighted by molar-refractivity contribution is -0.119. The summed E-state index contributed by atoms with van der Waals surface area (Å²) in [7, 11) is 0. The summed E-state index contributed by atoms with van der Waals surface area (Å²) in [6, 6.07) is 7.09. The minimum Gasteiger partial charge on any atom is -0.356 e. The van der Waals surface area contributed by atoms with E-state index in [-0.39, 0.29) is 11.7 Å². The number of rotatable bonds is 5. The zero-order chi connectivity index (χ0) is 15.2. The second kappa shape index (κ2) is 7.57. The highest BCUT2D eigenvalue weighted by Crippen LogP contribution is 2.17. The predicted molar refractivity (Wildman–Crippen MR) is 83.6 cm³/mol. The van der Waals surface area contributed by atoms with Gasteiger partial charge in [0, 0.05) is 24.1 Å². The zero-order valence-corrected chi connectivity index (χ0v) is 13.0. The van der Waals surface area contributed by atoms with Crippen molar-refractivity contribution in [3.05, 3.63) is 34.9 Å². The number of nitrogens with one attached hydrogen (secondary N) is 1. The second-order valence-corrected chi connectivity index (χ2v) is 6.03. The maximum atomic E-state index is 12.2. The summed E-state index contributed by atoms with van der Waals surface area (Å²) >= 11 is 5.91. The first kappa shape index (κ1) is 16.0. The molecule has 0 spiro atoms. The van der Waals surface area contributed by atoms with E-state index in [0.29, 0.717) is 23.0 Å². The maximum Gasteiger partial charge on any atom is 0.216 e. The molecule has 114 valence electrons. The third-order valence-electron chi connectivity index (χ3n) is 3.86. The van der Waals surface area contributed by atoms with Crippen molar-refractivity contribution in [3.63, 3.8) is 0 Å². The molecule has 1 N–H and O–H groups in total. The number of likely N-dealkylation sites (tertiary alicyclic amines) is 1. The van der Waals surface area contributed by atoms with Crippen LogP contribution in [0.4, 0.5) is 0 Å². The SMILES string of the molecule is CC(=O)NCC1CCN(CC(=O)c2cccc(Cl)c2)CC1. The van der Waals surface area contributed by atoms with E-state index in [1.807, 2.05) is 0 Å². The molecule has 2 rings (SSSR count). The van der Waals surface area contributed by atoms with Gasteiger partial charge < -0.3 is 5.32 Å². The third kappa shape index (κ3) is 5.14. The zero-order valence-electron chi connectivity index (χ0n) is 12.3. The van der Waals surface area contributed by atoms with Gasteiger partial charge in [0.25, 0.3) is 0 Å². The smallest absolute Gasteiger partial charge is 0.216 e. The molecule has 1 aromatic rings. The number of nitrogens with zero attached hydrogens (tertiary/aromatic N) is 1. The van der Waals surface area contributed by atoms with E-state index in [1.165, 1.54) is 0 Å². The number of ketones is 1. The Hall–Kier alpha value is -1.39. The molecule has 1 amide bonds. The molecule has 5 heteroatoms. The average molecular weight is 309 g/mol. The molecule has 0 unspecified atom stereocenters. The number of hydrogen-bond acceptors (Lipinski definition) is 3. The van der Waals surface area contributed by atoms with Gasteiger partial charge in [0.1, 0.15) is 0 Å². The number of benzene rings is 1. The van der Waals surface area contributed by atoms with Crippen molar-refractivity contribution < 1.29 is 9.59 Å². The van der Waals surface area contributed by atoms with Gasteiger partial charge in [0.05, 0.1) is 6.54 Å². The van der Waals surface area contributed by atoms with Crippen LogP contribution in [0.3, 0.4) is 0 Å². The van der Waals surface area contributed by atoms with Crippen molar-refractivity contribution in [2.75, 3.05) is 26.2 Å². The van der Waals surface area contributed by atoms with Crippen LogP contribution < -0.4 is 5.32 Å². The summed E-state index contributed by atoms with van der Waals surface area (Å²) < 4.78 is 0. The minimum absolute atomic E-state index is 0.0218. The quantitative estimate of drug-likeness (QED) is 0.850. The molecule has 1 saturated heterocycles. The van der Waals surface area contributed by atoms with Crippen LogP contribution in [0.5, 0.6) is 0 Å². The number of amides is 1. The molecule has 0 saturated carbocycles. The number of hydrogen-bond donors (Lipinski definition) is 1. The van der Waals surface area contributed by atoms with Crippen molar-refractivity contribution in [3.8, 4) is 0 Å². The van der Waals surface area contributed by atoms with E-state index in [9.17, 15) is 9.59 Å². The van der Waals surface area contributed by atoms with Crippen LogP contribution in [-0.4, -0.2) is 42.8 Å². The molecule has 1 aromatic carbocycles. The highest BCUT2D eigenvalue weighted by molar-refractivity contribution is 6.31. The number of Topliss-reactive ketones (excluding diaryl/α,β-unsaturated/α-hetero) is 1. The lowest BCUT2D eigenvalue weighted by atomic mass is 9.96. The van der Waals surface area contributed by atoms with Crippen LogP contribution in [0, 0.1) is 5.92 Å². The molecule has 1 fully saturated rings. The standard InChI is InChI=1S/C16H21ClN2O2/c1-12(20)18-10-13-5-7-19(8-6-13)11-16(21)14-3-2-4-15(17)9-14/h2-4,9,13H,5-8,10-11H2,1H3,(H,18,20). The maximum absolute atomic E-state index is 12.2. The molecule has 0 atom stereocenters. The topological polar surface area (TPSA) is 49.4 Å². The Labute approximate surface area is 130 Å². The van der Waals surface area contributed by atoms with Crippen molar-refractivity contribution in [1.29, 1.82) is 0 Å². The van der Waals surface area contributed by atoms with E-state index in [1.54, 1.807) is 31.2 Å². The molecule has 4 nitrogen and oxygen atoms in total. The second-order valence-electron chi connectivity index (χ2n) is 5.59. The van der Waals surface area contributed by atoms with E-state index >= 15 is 0 Å². The van der Waals surface area contributed by atoms with Crippen LogP contribution in [0.2, 0.25) is 5.02 Å². The molecule has 1 aliphatic heterocycles. The number of carbonyl (C=O) groups excluding carboxylic acids is 2. The van der Waals surface area contributed by atoms with E-state index in [4.69, 9.17) is 11.6 Å². The Morgan fingerprint density at radius 2 is 2.05 bits per heavy atom. The Kier molecular flexibility index (Phi) is 5.76. The molecular formula is C16H21ClN2O2. The first-order valence-electron chi connectivity index (χ1n) is 7.30. The van der Waals surface area contributed by atoms with Crippen LogP contribution in [0.1, 0.15) is 30.1 Å². The van der Waals surface area contributed by atoms with Gasteiger partial charge in [0.15, 0.2) is 5.78 Å². The van der Waals surface area contributed by atoms with Crippen molar-refractivity contribution >= 4 is 23.3 Å². The fourth-order valence-corrected chi connectivity index (χ4v) is 2.78. The summed E-state index contributed by atoms with van der Waals surface area (Å²) in [4.78, 5) is 25.3. The summed E-state index contributed by atoms with van der Waals surface area (Å²) in [5.74, 6) is 0.651. The summed E-state index contributed by atoms with van der Waals surface area (Å²) in [5.41, 5.74) is 0.669. The fraction of sp³-hybridized carbons (Fsp3) is 0.500. The molecule has 0 radical (unpaired) electrons. The lowest BCUT2D eigenvalue weighted by Crippen LogP contribution is -2.40. The van der Waals surface area contributed by atoms with Crippen molar-refractivity contribution in [2.45, 2.75) is 19.8 Å². The van der Waals surface area contributed by atoms with Gasteiger partial charge in [0.2, 0.25) is 5.91 Å². The molecular weight excluding hydrogens is 288 g/mol. The fourth-order valence-electron chi connectivity index (χ4n) is 2.59. The first-order chi connectivity index (χ1) is 10.0. The Balaban J connectivity index is 1.78. The Bertz CT molecular complexity index is 511. The Morgan fingerprint density at radius 3 is 2.67 bits per heavy atom. The molecule has 0 bridgehead atoms. The van der Waals surface area contributed by atoms with Gasteiger partial charge in [-0.2, -0.15) is 0 Å². The van der Waals surface area contributed by atoms with Crippen LogP contribution in [-0.2, 0) is 4.79 Å². The van der Waals surface area contributed by atoms with Gasteiger partial charge in [-0.1, -0.05) is 23.7 Å². The molecule has 1 aliphatic rings. The molecule has 0 aliphatic carbocycles. The van der Waals surface area contributed by atoms with E-state index in [0.717, 1.165) is 32.5 Å². The summed E-state index contributed by atoms with van der Waals surface area (Å²) in [5, 5.41) is 3.46. The van der Waals surface area contributed by atoms with Gasteiger partial charge in [-0.15, -0.1) is 0 Å². The number of piperidine rings is 1. The number of halogens is 1. The van der Waals surface area contributed by atoms with Gasteiger partial charge in [-0.3, -0.25) is 14.5 Å². The van der Waals surface area contributed by atoms with Gasteiger partial charge in [-0.05, 0) is 44.0 Å². The molecule has 1 heterocycles. The summed E-state index contributed by atoms with van der Waals surface area (Å²) in [6.45, 7) is 4.52. The highest BCUT2D eigenvalue weighted by atomic mass is 35.5. The van der Waals surface area contributed by atoms with E-state index in [2.05, 4.69) is 10.2 Å². The van der Waals surface area contributed by atoms with Crippen LogP contribution in [0.15, 0.2) is 24.3 Å². The third-order valence-corrected chi connectivity index (χ3v) is 4.10. The lowest BCUT2D eigenvalue weighted by Gasteiger charge is -2.31. The summed E-state index contributed by atoms with van der Waals surface area (Å²) in [6.07, 6.45) is 2.03. The van der Waals surface area contributed by atoms with Crippen LogP contribution in [0.25, 0.3) is 0 Å². The van der Waals surface area contributed by atoms with Crippen molar-refractivity contribution in [1.82, 2.24) is 10.2 Å². The molecule has 0 aromatic heterocycles. The van der Waals surface area contributed by atoms with Crippen LogP contribution >= 0.6 is 11.6 Å². The van der Waals surface area contributed by atoms with Crippen molar-refractivity contribution in [2.24, 2.45) is 5.92 Å². The monoisotopic (exact) mass is 308 g/mol. The largest absolute Gasteiger partial charge is 0.356 e.